The number of nitrogens with one attached hydrogen (secondary N) is 2. The first kappa shape index (κ1) is 35.5. The first-order chi connectivity index (χ1) is 20.5. The van der Waals surface area contributed by atoms with Crippen LogP contribution in [-0.2, 0) is 32.1 Å². The number of thioether (sulfide) groups is 1. The molecule has 0 aliphatic carbocycles. The minimum absolute atomic E-state index is 0. The molecule has 0 aromatic heterocycles. The Balaban J connectivity index is 0.00000529. The van der Waals surface area contributed by atoms with E-state index < -0.39 is 28.9 Å². The largest absolute Gasteiger partial charge is 0.378 e. The number of halogens is 4. The third-order valence-electron chi connectivity index (χ3n) is 7.44. The number of nitrogens with zero attached hydrogens (tertiary/aromatic N) is 2. The Morgan fingerprint density at radius 1 is 1.02 bits per heavy atom. The lowest BCUT2D eigenvalue weighted by Crippen LogP contribution is -2.49. The minimum Gasteiger partial charge on any atom is -0.378 e. The van der Waals surface area contributed by atoms with Crippen molar-refractivity contribution in [3.8, 4) is 0 Å². The Hall–Kier alpha value is -3.00. The van der Waals surface area contributed by atoms with E-state index in [9.17, 15) is 27.6 Å². The summed E-state index contributed by atoms with van der Waals surface area (Å²) in [5.74, 6) is -3.43. The van der Waals surface area contributed by atoms with E-state index in [1.807, 2.05) is 43.0 Å². The van der Waals surface area contributed by atoms with Crippen molar-refractivity contribution in [2.75, 3.05) is 43.9 Å². The number of carbonyl (C=O) groups is 3. The van der Waals surface area contributed by atoms with Crippen molar-refractivity contribution in [2.24, 2.45) is 11.7 Å². The van der Waals surface area contributed by atoms with Crippen molar-refractivity contribution in [1.82, 2.24) is 15.1 Å². The second kappa shape index (κ2) is 16.4. The average Bonchev–Trinajstić information content (AvgIpc) is 3.48. The van der Waals surface area contributed by atoms with Crippen LogP contribution in [0.4, 0.5) is 18.9 Å². The highest BCUT2D eigenvalue weighted by atomic mass is 35.5. The summed E-state index contributed by atoms with van der Waals surface area (Å²) in [4.78, 5) is 42.2. The molecule has 0 spiro atoms. The molecule has 0 radical (unpaired) electrons. The van der Waals surface area contributed by atoms with E-state index in [2.05, 4.69) is 10.6 Å². The van der Waals surface area contributed by atoms with Gasteiger partial charge in [0.15, 0.2) is 17.0 Å². The third-order valence-corrected chi connectivity index (χ3v) is 8.64. The van der Waals surface area contributed by atoms with Gasteiger partial charge >= 0.3 is 0 Å². The third kappa shape index (κ3) is 9.26. The van der Waals surface area contributed by atoms with Crippen molar-refractivity contribution in [3.05, 3.63) is 65.0 Å². The monoisotopic (exact) mass is 657 g/mol. The van der Waals surface area contributed by atoms with E-state index in [4.69, 9.17) is 10.5 Å². The molecule has 14 heteroatoms. The smallest absolute Gasteiger partial charge is 0.253 e. The summed E-state index contributed by atoms with van der Waals surface area (Å²) in [6.45, 7) is 6.82. The van der Waals surface area contributed by atoms with Crippen LogP contribution in [0.5, 0.6) is 0 Å². The maximum Gasteiger partial charge on any atom is 0.253 e. The SMILES string of the molecule is CC(C)[C@H](Nc1ccc(CNC(=O)[C@@H]2SCCN2C(=O)C[C@H](N)Cc2cc(F)c(F)cc2F)cc1)C(=O)N1CCOCC1.Cl. The van der Waals surface area contributed by atoms with Gasteiger partial charge in [0.1, 0.15) is 11.9 Å². The number of rotatable bonds is 11. The van der Waals surface area contributed by atoms with Crippen LogP contribution in [0.2, 0.25) is 0 Å². The number of ether oxygens (including phenoxy) is 1. The number of anilines is 1. The Morgan fingerprint density at radius 2 is 1.68 bits per heavy atom. The summed E-state index contributed by atoms with van der Waals surface area (Å²) in [7, 11) is 0. The van der Waals surface area contributed by atoms with Crippen molar-refractivity contribution in [2.45, 2.75) is 50.7 Å². The van der Waals surface area contributed by atoms with Gasteiger partial charge in [0.2, 0.25) is 11.8 Å². The molecule has 2 saturated heterocycles. The van der Waals surface area contributed by atoms with E-state index >= 15 is 0 Å². The van der Waals surface area contributed by atoms with Crippen LogP contribution in [-0.4, -0.2) is 83.6 Å². The van der Waals surface area contributed by atoms with E-state index in [0.29, 0.717) is 44.7 Å². The van der Waals surface area contributed by atoms with Crippen molar-refractivity contribution < 1.29 is 32.3 Å². The first-order valence-corrected chi connectivity index (χ1v) is 15.4. The van der Waals surface area contributed by atoms with Gasteiger partial charge in [0, 0.05) is 56.1 Å². The summed E-state index contributed by atoms with van der Waals surface area (Å²) in [5, 5.41) is 5.47. The summed E-state index contributed by atoms with van der Waals surface area (Å²) in [5.41, 5.74) is 7.55. The molecule has 2 heterocycles. The predicted molar refractivity (Wildman–Crippen MR) is 166 cm³/mol. The Morgan fingerprint density at radius 3 is 2.34 bits per heavy atom. The molecule has 2 aromatic carbocycles. The first-order valence-electron chi connectivity index (χ1n) is 14.3. The summed E-state index contributed by atoms with van der Waals surface area (Å²) >= 11 is 1.33. The second-order valence-electron chi connectivity index (χ2n) is 11.1. The molecule has 2 aliphatic rings. The number of hydrogen-bond donors (Lipinski definition) is 3. The molecule has 44 heavy (non-hydrogen) atoms. The van der Waals surface area contributed by atoms with Crippen LogP contribution >= 0.6 is 24.2 Å². The summed E-state index contributed by atoms with van der Waals surface area (Å²) < 4.78 is 46.1. The molecule has 2 fully saturated rings. The van der Waals surface area contributed by atoms with Gasteiger partial charge in [-0.1, -0.05) is 26.0 Å². The fourth-order valence-electron chi connectivity index (χ4n) is 5.03. The number of hydrogen-bond acceptors (Lipinski definition) is 7. The maximum atomic E-state index is 14.0. The molecule has 9 nitrogen and oxygen atoms in total. The van der Waals surface area contributed by atoms with Crippen LogP contribution in [0, 0.1) is 23.4 Å². The van der Waals surface area contributed by atoms with E-state index in [1.165, 1.54) is 16.7 Å². The van der Waals surface area contributed by atoms with Crippen LogP contribution < -0.4 is 16.4 Å². The van der Waals surface area contributed by atoms with Crippen molar-refractivity contribution >= 4 is 47.6 Å². The second-order valence-corrected chi connectivity index (χ2v) is 12.2. The Bertz CT molecular complexity index is 1300. The number of nitrogens with two attached hydrogens (primary N) is 1. The maximum absolute atomic E-state index is 14.0. The molecule has 3 amide bonds. The molecule has 242 valence electrons. The van der Waals surface area contributed by atoms with Gasteiger partial charge in [-0.25, -0.2) is 13.2 Å². The van der Waals surface area contributed by atoms with Gasteiger partial charge in [0.25, 0.3) is 5.91 Å². The molecule has 4 N–H and O–H groups in total. The molecular weight excluding hydrogens is 619 g/mol. The summed E-state index contributed by atoms with van der Waals surface area (Å²) in [6.07, 6.45) is -0.334. The predicted octanol–water partition coefficient (Wildman–Crippen LogP) is 3.30. The van der Waals surface area contributed by atoms with Gasteiger partial charge in [-0.3, -0.25) is 14.4 Å². The van der Waals surface area contributed by atoms with Crippen LogP contribution in [0.3, 0.4) is 0 Å². The number of benzene rings is 2. The van der Waals surface area contributed by atoms with E-state index in [1.54, 1.807) is 0 Å². The van der Waals surface area contributed by atoms with Crippen molar-refractivity contribution in [3.63, 3.8) is 0 Å². The van der Waals surface area contributed by atoms with Gasteiger partial charge in [0.05, 0.1) is 13.2 Å². The Labute approximate surface area is 265 Å². The molecular formula is C30H39ClF3N5O4S. The van der Waals surface area contributed by atoms with Gasteiger partial charge in [-0.2, -0.15) is 0 Å². The molecule has 2 aromatic rings. The fraction of sp³-hybridized carbons (Fsp3) is 0.500. The number of carbonyl (C=O) groups excluding carboxylic acids is 3. The molecule has 3 atom stereocenters. The highest BCUT2D eigenvalue weighted by molar-refractivity contribution is 8.00. The normalized spacial score (nSPS) is 18.0. The quantitative estimate of drug-likeness (QED) is 0.318. The van der Waals surface area contributed by atoms with Gasteiger partial charge < -0.3 is 30.9 Å². The molecule has 4 rings (SSSR count). The fourth-order valence-corrected chi connectivity index (χ4v) is 6.19. The lowest BCUT2D eigenvalue weighted by atomic mass is 10.0. The number of morpholine rings is 1. The van der Waals surface area contributed by atoms with Crippen LogP contribution in [0.25, 0.3) is 0 Å². The zero-order chi connectivity index (χ0) is 31.1. The molecule has 0 unspecified atom stereocenters. The van der Waals surface area contributed by atoms with Crippen LogP contribution in [0.1, 0.15) is 31.4 Å². The van der Waals surface area contributed by atoms with Gasteiger partial charge in [-0.05, 0) is 41.7 Å². The lowest BCUT2D eigenvalue weighted by molar-refractivity contribution is -0.137. The van der Waals surface area contributed by atoms with E-state index in [0.717, 1.165) is 17.3 Å². The zero-order valence-electron chi connectivity index (χ0n) is 24.7. The average molecular weight is 658 g/mol. The van der Waals surface area contributed by atoms with Gasteiger partial charge in [-0.15, -0.1) is 24.2 Å². The Kier molecular flexibility index (Phi) is 13.2. The molecule has 0 bridgehead atoms. The number of amides is 3. The van der Waals surface area contributed by atoms with E-state index in [-0.39, 0.29) is 67.0 Å². The van der Waals surface area contributed by atoms with Crippen LogP contribution in [0.15, 0.2) is 36.4 Å². The standard InChI is InChI=1S/C30H38F3N5O4S.ClH/c1-18(2)27(29(41)37-7-10-42-11-8-37)36-22-5-3-19(4-6-22)17-35-28(40)30-38(9-12-43-30)26(39)15-21(34)13-20-14-24(32)25(33)16-23(20)31;/h3-6,14,16,18,21,27,30,36H,7-13,15,17,34H2,1-2H3,(H,35,40);1H/t21-,27+,30+;/m1./s1. The summed E-state index contributed by atoms with van der Waals surface area (Å²) in [6, 6.07) is 7.43. The van der Waals surface area contributed by atoms with Crippen molar-refractivity contribution in [1.29, 1.82) is 0 Å². The lowest BCUT2D eigenvalue weighted by Gasteiger charge is -2.32. The molecule has 0 saturated carbocycles. The highest BCUT2D eigenvalue weighted by Gasteiger charge is 2.35. The zero-order valence-corrected chi connectivity index (χ0v) is 26.3. The minimum atomic E-state index is -1.29. The highest BCUT2D eigenvalue weighted by Crippen LogP contribution is 2.26. The topological polar surface area (TPSA) is 117 Å². The molecule has 2 aliphatic heterocycles.